The zero-order chi connectivity index (χ0) is 13.3. The molecular formula is C13H22N4O. The molecule has 2 rings (SSSR count). The maximum absolute atomic E-state index is 12.3. The van der Waals surface area contributed by atoms with Gasteiger partial charge in [-0.15, -0.1) is 0 Å². The molecule has 100 valence electrons. The zero-order valence-electron chi connectivity index (χ0n) is 11.7. The number of carbonyl (C=O) groups excluding carboxylic acids is 1. The fourth-order valence-corrected chi connectivity index (χ4v) is 2.64. The van der Waals surface area contributed by atoms with Crippen molar-refractivity contribution >= 4 is 5.91 Å². The van der Waals surface area contributed by atoms with Crippen LogP contribution >= 0.6 is 0 Å². The molecule has 1 saturated heterocycles. The van der Waals surface area contributed by atoms with E-state index in [1.807, 2.05) is 20.9 Å². The number of carbonyl (C=O) groups is 1. The molecule has 1 aliphatic heterocycles. The summed E-state index contributed by atoms with van der Waals surface area (Å²) in [5, 5.41) is 7.41. The minimum Gasteiger partial charge on any atom is -0.348 e. The molecule has 1 N–H and O–H groups in total. The largest absolute Gasteiger partial charge is 0.348 e. The van der Waals surface area contributed by atoms with Gasteiger partial charge in [0.1, 0.15) is 0 Å². The predicted molar refractivity (Wildman–Crippen MR) is 70.7 cm³/mol. The number of aromatic nitrogens is 2. The first-order valence-electron chi connectivity index (χ1n) is 6.48. The molecule has 1 amide bonds. The highest BCUT2D eigenvalue weighted by molar-refractivity contribution is 5.96. The van der Waals surface area contributed by atoms with Gasteiger partial charge in [0.15, 0.2) is 0 Å². The first-order chi connectivity index (χ1) is 8.49. The van der Waals surface area contributed by atoms with Gasteiger partial charge in [-0.2, -0.15) is 5.10 Å². The number of nitrogens with one attached hydrogen (secondary N) is 1. The molecule has 1 aromatic heterocycles. The molecule has 2 heterocycles. The van der Waals surface area contributed by atoms with Gasteiger partial charge in [0.05, 0.1) is 11.3 Å². The van der Waals surface area contributed by atoms with Crippen molar-refractivity contribution in [1.29, 1.82) is 0 Å². The van der Waals surface area contributed by atoms with Crippen molar-refractivity contribution in [2.24, 2.45) is 7.05 Å². The lowest BCUT2D eigenvalue weighted by Gasteiger charge is -2.30. The highest BCUT2D eigenvalue weighted by atomic mass is 16.1. The molecule has 1 aromatic rings. The number of aryl methyl sites for hydroxylation is 2. The third-order valence-corrected chi connectivity index (χ3v) is 3.70. The summed E-state index contributed by atoms with van der Waals surface area (Å²) >= 11 is 0. The number of hydrogen-bond donors (Lipinski definition) is 1. The van der Waals surface area contributed by atoms with Gasteiger partial charge in [0.2, 0.25) is 0 Å². The van der Waals surface area contributed by atoms with Crippen LogP contribution in [0.3, 0.4) is 0 Å². The number of nitrogens with zero attached hydrogens (tertiary/aromatic N) is 3. The Balaban J connectivity index is 2.07. The first-order valence-corrected chi connectivity index (χ1v) is 6.48. The lowest BCUT2D eigenvalue weighted by Crippen LogP contribution is -2.46. The Bertz CT molecular complexity index is 452. The van der Waals surface area contributed by atoms with Crippen LogP contribution in [0, 0.1) is 13.8 Å². The van der Waals surface area contributed by atoms with Gasteiger partial charge in [0.25, 0.3) is 5.91 Å². The molecule has 0 aliphatic carbocycles. The second-order valence-electron chi connectivity index (χ2n) is 5.24. The number of hydrogen-bond acceptors (Lipinski definition) is 3. The summed E-state index contributed by atoms with van der Waals surface area (Å²) in [4.78, 5) is 14.6. The smallest absolute Gasteiger partial charge is 0.255 e. The zero-order valence-corrected chi connectivity index (χ0v) is 11.7. The van der Waals surface area contributed by atoms with Crippen LogP contribution in [0.25, 0.3) is 0 Å². The van der Waals surface area contributed by atoms with Crippen molar-refractivity contribution in [3.63, 3.8) is 0 Å². The van der Waals surface area contributed by atoms with Crippen LogP contribution in [0.4, 0.5) is 0 Å². The second-order valence-corrected chi connectivity index (χ2v) is 5.24. The molecule has 0 spiro atoms. The molecule has 0 saturated carbocycles. The molecule has 1 atom stereocenters. The Hall–Kier alpha value is -1.36. The molecular weight excluding hydrogens is 228 g/mol. The quantitative estimate of drug-likeness (QED) is 0.847. The molecule has 1 fully saturated rings. The maximum atomic E-state index is 12.3. The van der Waals surface area contributed by atoms with E-state index < -0.39 is 0 Å². The van der Waals surface area contributed by atoms with E-state index in [-0.39, 0.29) is 11.9 Å². The summed E-state index contributed by atoms with van der Waals surface area (Å²) in [6.07, 6.45) is 2.21. The molecule has 0 bridgehead atoms. The predicted octanol–water partition coefficient (Wildman–Crippen LogP) is 0.861. The molecule has 1 unspecified atom stereocenters. The van der Waals surface area contributed by atoms with E-state index in [4.69, 9.17) is 0 Å². The lowest BCUT2D eigenvalue weighted by atomic mass is 10.1. The van der Waals surface area contributed by atoms with Crippen molar-refractivity contribution in [2.75, 3.05) is 20.1 Å². The van der Waals surface area contributed by atoms with Crippen molar-refractivity contribution in [3.8, 4) is 0 Å². The average molecular weight is 250 g/mol. The van der Waals surface area contributed by atoms with E-state index in [9.17, 15) is 4.79 Å². The Morgan fingerprint density at radius 2 is 2.11 bits per heavy atom. The van der Waals surface area contributed by atoms with Crippen LogP contribution < -0.4 is 5.32 Å². The summed E-state index contributed by atoms with van der Waals surface area (Å²) in [6, 6.07) is 0.259. The SMILES string of the molecule is Cc1nn(C)c(C)c1C(=O)NC1CCCN(C)C1. The third-order valence-electron chi connectivity index (χ3n) is 3.70. The topological polar surface area (TPSA) is 50.2 Å². The Morgan fingerprint density at radius 3 is 2.67 bits per heavy atom. The maximum Gasteiger partial charge on any atom is 0.255 e. The minimum atomic E-state index is 0.0124. The van der Waals surface area contributed by atoms with Gasteiger partial charge in [-0.3, -0.25) is 9.48 Å². The van der Waals surface area contributed by atoms with Crippen LogP contribution in [0.5, 0.6) is 0 Å². The Kier molecular flexibility index (Phi) is 3.71. The molecule has 1 aliphatic rings. The van der Waals surface area contributed by atoms with Gasteiger partial charge in [0, 0.05) is 25.3 Å². The molecule has 0 aromatic carbocycles. The van der Waals surface area contributed by atoms with Crippen LogP contribution in [0.15, 0.2) is 0 Å². The number of amides is 1. The van der Waals surface area contributed by atoms with Gasteiger partial charge in [-0.25, -0.2) is 0 Å². The normalized spacial score (nSPS) is 21.0. The molecule has 18 heavy (non-hydrogen) atoms. The number of likely N-dealkylation sites (N-methyl/N-ethyl adjacent to an activating group) is 1. The fraction of sp³-hybridized carbons (Fsp3) is 0.692. The number of piperidine rings is 1. The van der Waals surface area contributed by atoms with Crippen LogP contribution in [0.1, 0.15) is 34.6 Å². The average Bonchev–Trinajstić information content (AvgIpc) is 2.53. The van der Waals surface area contributed by atoms with Gasteiger partial charge >= 0.3 is 0 Å². The summed E-state index contributed by atoms with van der Waals surface area (Å²) < 4.78 is 1.76. The monoisotopic (exact) mass is 250 g/mol. The Labute approximate surface area is 108 Å². The van der Waals surface area contributed by atoms with Gasteiger partial charge in [-0.1, -0.05) is 0 Å². The standard InChI is InChI=1S/C13H22N4O/c1-9-12(10(2)17(4)15-9)13(18)14-11-6-5-7-16(3)8-11/h11H,5-8H2,1-4H3,(H,14,18). The molecule has 5 nitrogen and oxygen atoms in total. The Morgan fingerprint density at radius 1 is 1.39 bits per heavy atom. The van der Waals surface area contributed by atoms with E-state index in [1.54, 1.807) is 4.68 Å². The van der Waals surface area contributed by atoms with Crippen molar-refractivity contribution in [1.82, 2.24) is 20.0 Å². The summed E-state index contributed by atoms with van der Waals surface area (Å²) in [6.45, 7) is 5.87. The van der Waals surface area contributed by atoms with Crippen LogP contribution in [-0.4, -0.2) is 46.8 Å². The summed E-state index contributed by atoms with van der Waals surface area (Å²) in [5.41, 5.74) is 2.46. The first kappa shape index (κ1) is 13.1. The van der Waals surface area contributed by atoms with E-state index in [0.717, 1.165) is 42.9 Å². The van der Waals surface area contributed by atoms with Crippen LogP contribution in [-0.2, 0) is 7.05 Å². The highest BCUT2D eigenvalue weighted by Gasteiger charge is 2.23. The third kappa shape index (κ3) is 2.56. The highest BCUT2D eigenvalue weighted by Crippen LogP contribution is 2.14. The van der Waals surface area contributed by atoms with E-state index >= 15 is 0 Å². The summed E-state index contributed by atoms with van der Waals surface area (Å²) in [7, 11) is 3.96. The van der Waals surface area contributed by atoms with Gasteiger partial charge < -0.3 is 10.2 Å². The fourth-order valence-electron chi connectivity index (χ4n) is 2.64. The second kappa shape index (κ2) is 5.10. The van der Waals surface area contributed by atoms with Crippen molar-refractivity contribution in [2.45, 2.75) is 32.7 Å². The van der Waals surface area contributed by atoms with Crippen molar-refractivity contribution in [3.05, 3.63) is 17.0 Å². The lowest BCUT2D eigenvalue weighted by molar-refractivity contribution is 0.0911. The van der Waals surface area contributed by atoms with Gasteiger partial charge in [-0.05, 0) is 40.3 Å². The van der Waals surface area contributed by atoms with E-state index in [1.165, 1.54) is 0 Å². The van der Waals surface area contributed by atoms with Crippen molar-refractivity contribution < 1.29 is 4.79 Å². The van der Waals surface area contributed by atoms with Crippen LogP contribution in [0.2, 0.25) is 0 Å². The number of likely N-dealkylation sites (tertiary alicyclic amines) is 1. The number of rotatable bonds is 2. The summed E-state index contributed by atoms with van der Waals surface area (Å²) in [5.74, 6) is 0.0124. The molecule has 0 radical (unpaired) electrons. The van der Waals surface area contributed by atoms with E-state index in [0.29, 0.717) is 0 Å². The van der Waals surface area contributed by atoms with E-state index in [2.05, 4.69) is 22.4 Å². The molecule has 5 heteroatoms. The minimum absolute atomic E-state index is 0.0124.